The number of carbonyl (C=O) groups excluding carboxylic acids is 1. The summed E-state index contributed by atoms with van der Waals surface area (Å²) >= 11 is 12.1. The molecule has 1 aromatic carbocycles. The van der Waals surface area contributed by atoms with Crippen molar-refractivity contribution in [3.8, 4) is 0 Å². The number of amides is 1. The molecule has 0 aromatic heterocycles. The zero-order valence-electron chi connectivity index (χ0n) is 20.0. The normalized spacial score (nSPS) is 24.7. The van der Waals surface area contributed by atoms with Crippen LogP contribution in [0.5, 0.6) is 0 Å². The van der Waals surface area contributed by atoms with E-state index in [4.69, 9.17) is 38.4 Å². The summed E-state index contributed by atoms with van der Waals surface area (Å²) in [6.07, 6.45) is 4.13. The average Bonchev–Trinajstić information content (AvgIpc) is 2.88. The molecule has 3 heterocycles. The molecule has 0 aliphatic carbocycles. The van der Waals surface area contributed by atoms with Crippen LogP contribution in [-0.2, 0) is 14.3 Å². The van der Waals surface area contributed by atoms with E-state index in [9.17, 15) is 4.79 Å². The van der Waals surface area contributed by atoms with Crippen LogP contribution >= 0.6 is 23.2 Å². The van der Waals surface area contributed by atoms with Crippen molar-refractivity contribution in [2.24, 2.45) is 10.7 Å². The van der Waals surface area contributed by atoms with Crippen LogP contribution in [0.4, 0.5) is 5.69 Å². The zero-order valence-corrected chi connectivity index (χ0v) is 21.5. The number of fused-ring (bicyclic) bond motifs is 1. The van der Waals surface area contributed by atoms with E-state index in [1.54, 1.807) is 25.1 Å². The molecule has 35 heavy (non-hydrogen) atoms. The van der Waals surface area contributed by atoms with Crippen molar-refractivity contribution in [2.45, 2.75) is 44.4 Å². The van der Waals surface area contributed by atoms with Gasteiger partial charge >= 0.3 is 0 Å². The summed E-state index contributed by atoms with van der Waals surface area (Å²) in [6.45, 7) is 10.3. The van der Waals surface area contributed by atoms with Crippen molar-refractivity contribution in [2.75, 3.05) is 44.8 Å². The van der Waals surface area contributed by atoms with Gasteiger partial charge in [-0.3, -0.25) is 9.69 Å². The third-order valence-electron chi connectivity index (χ3n) is 7.03. The van der Waals surface area contributed by atoms with Crippen molar-refractivity contribution in [3.63, 3.8) is 0 Å². The maximum Gasteiger partial charge on any atom is 0.272 e. The largest absolute Gasteiger partial charge is 0.390 e. The molecule has 3 fully saturated rings. The molecule has 4 rings (SSSR count). The summed E-state index contributed by atoms with van der Waals surface area (Å²) in [5.74, 6) is -0.148. The highest BCUT2D eigenvalue weighted by Crippen LogP contribution is 2.30. The minimum Gasteiger partial charge on any atom is -0.390 e. The van der Waals surface area contributed by atoms with E-state index in [2.05, 4.69) is 21.8 Å². The van der Waals surface area contributed by atoms with Gasteiger partial charge in [0.15, 0.2) is 0 Å². The van der Waals surface area contributed by atoms with Crippen LogP contribution in [0.3, 0.4) is 0 Å². The molecular formula is C25H33Cl2N5O3. The second-order valence-electron chi connectivity index (χ2n) is 9.09. The average molecular weight is 522 g/mol. The number of nitrogens with two attached hydrogens (primary N) is 1. The smallest absolute Gasteiger partial charge is 0.272 e. The first-order valence-electron chi connectivity index (χ1n) is 12.0. The lowest BCUT2D eigenvalue weighted by atomic mass is 9.95. The number of allylic oxidation sites excluding steroid dienone is 1. The molecule has 1 amide bonds. The van der Waals surface area contributed by atoms with Crippen molar-refractivity contribution in [3.05, 3.63) is 51.8 Å². The highest BCUT2D eigenvalue weighted by atomic mass is 35.5. The van der Waals surface area contributed by atoms with E-state index < -0.39 is 0 Å². The van der Waals surface area contributed by atoms with Crippen LogP contribution in [0.1, 0.15) is 26.2 Å². The van der Waals surface area contributed by atoms with Gasteiger partial charge in [-0.15, -0.1) is 0 Å². The van der Waals surface area contributed by atoms with Crippen LogP contribution < -0.4 is 11.1 Å². The Bertz CT molecular complexity index is 1000. The highest BCUT2D eigenvalue weighted by molar-refractivity contribution is 6.42. The van der Waals surface area contributed by atoms with Gasteiger partial charge in [0.05, 0.1) is 35.7 Å². The Hall–Kier alpha value is -2.10. The first-order chi connectivity index (χ1) is 16.9. The number of anilines is 1. The van der Waals surface area contributed by atoms with Crippen molar-refractivity contribution in [1.82, 2.24) is 9.80 Å². The number of ether oxygens (including phenoxy) is 2. The fraction of sp³-hybridized carbons (Fsp3) is 0.520. The van der Waals surface area contributed by atoms with Crippen LogP contribution in [-0.4, -0.2) is 79.7 Å². The van der Waals surface area contributed by atoms with Gasteiger partial charge in [-0.05, 0) is 44.4 Å². The van der Waals surface area contributed by atoms with Gasteiger partial charge in [0, 0.05) is 55.3 Å². The van der Waals surface area contributed by atoms with Gasteiger partial charge in [0.2, 0.25) is 0 Å². The molecule has 0 bridgehead atoms. The van der Waals surface area contributed by atoms with E-state index in [-0.39, 0.29) is 17.7 Å². The van der Waals surface area contributed by atoms with E-state index >= 15 is 0 Å². The van der Waals surface area contributed by atoms with Gasteiger partial charge in [-0.1, -0.05) is 29.8 Å². The Balaban J connectivity index is 1.41. The highest BCUT2D eigenvalue weighted by Gasteiger charge is 2.39. The summed E-state index contributed by atoms with van der Waals surface area (Å²) in [5.41, 5.74) is 7.74. The maximum absolute atomic E-state index is 13.4. The number of morpholine rings is 1. The summed E-state index contributed by atoms with van der Waals surface area (Å²) in [5, 5.41) is 4.07. The second kappa shape index (κ2) is 11.8. The number of carbonyl (C=O) groups is 1. The van der Waals surface area contributed by atoms with Gasteiger partial charge in [0.25, 0.3) is 5.91 Å². The van der Waals surface area contributed by atoms with Crippen LogP contribution in [0.15, 0.2) is 46.7 Å². The molecule has 3 N–H and O–H groups in total. The number of nitrogens with one attached hydrogen (secondary N) is 1. The summed E-state index contributed by atoms with van der Waals surface area (Å²) in [7, 11) is 0. The Morgan fingerprint density at radius 3 is 2.69 bits per heavy atom. The molecule has 3 saturated heterocycles. The molecule has 1 aromatic rings. The number of halogens is 2. The first kappa shape index (κ1) is 26.0. The lowest BCUT2D eigenvalue weighted by Crippen LogP contribution is -2.60. The zero-order chi connectivity index (χ0) is 24.9. The molecule has 0 radical (unpaired) electrons. The Labute approximate surface area is 216 Å². The molecule has 3 aliphatic rings. The minimum atomic E-state index is -0.148. The van der Waals surface area contributed by atoms with Crippen molar-refractivity contribution in [1.29, 1.82) is 0 Å². The number of hydrogen-bond acceptors (Lipinski definition) is 6. The summed E-state index contributed by atoms with van der Waals surface area (Å²) < 4.78 is 11.5. The van der Waals surface area contributed by atoms with Gasteiger partial charge in [-0.2, -0.15) is 0 Å². The predicted molar refractivity (Wildman–Crippen MR) is 140 cm³/mol. The molecular weight excluding hydrogens is 489 g/mol. The van der Waals surface area contributed by atoms with E-state index in [0.29, 0.717) is 58.8 Å². The number of hydrogen-bond donors (Lipinski definition) is 2. The number of likely N-dealkylation sites (tertiary alicyclic amines) is 1. The molecule has 190 valence electrons. The lowest BCUT2D eigenvalue weighted by Gasteiger charge is -2.49. The number of aliphatic imine (C=N–C) groups is 1. The van der Waals surface area contributed by atoms with Gasteiger partial charge < -0.3 is 25.4 Å². The number of benzene rings is 1. The van der Waals surface area contributed by atoms with Crippen LogP contribution in [0, 0.1) is 0 Å². The molecule has 0 spiro atoms. The second-order valence-corrected chi connectivity index (χ2v) is 9.90. The van der Waals surface area contributed by atoms with Gasteiger partial charge in [0.1, 0.15) is 5.70 Å². The molecule has 0 saturated carbocycles. The molecule has 2 atom stereocenters. The Kier molecular flexibility index (Phi) is 8.73. The third-order valence-corrected chi connectivity index (χ3v) is 7.77. The summed E-state index contributed by atoms with van der Waals surface area (Å²) in [6, 6.07) is 6.03. The standard InChI is InChI=1S/C25H33Cl2N5O3/c1-16(17(2)30-18-3-4-20(26)21(27)13-18)24(29-15-28)25(33)31-8-5-19(6-9-31)32-10-12-35-23-14-34-11-7-22(23)32/h3-4,13,15,19,22-23,30H,2,5-12,14H2,1H3,(H2,28,29)/b24-16-/t22-,23+/m1/s1. The van der Waals surface area contributed by atoms with Crippen LogP contribution in [0.2, 0.25) is 10.0 Å². The SMILES string of the molecule is C=C(Nc1ccc(Cl)c(Cl)c1)/C(C)=C(\N=CN)C(=O)N1CCC(N2CCO[C@H]3COCC[C@H]32)CC1. The van der Waals surface area contributed by atoms with Crippen molar-refractivity contribution >= 4 is 41.1 Å². The number of nitrogens with zero attached hydrogens (tertiary/aromatic N) is 3. The van der Waals surface area contributed by atoms with Gasteiger partial charge in [-0.25, -0.2) is 4.99 Å². The lowest BCUT2D eigenvalue weighted by molar-refractivity contribution is -0.151. The van der Waals surface area contributed by atoms with E-state index in [1.807, 2.05) is 4.90 Å². The van der Waals surface area contributed by atoms with Crippen molar-refractivity contribution < 1.29 is 14.3 Å². The number of piperidine rings is 1. The quantitative estimate of drug-likeness (QED) is 0.257. The molecule has 10 heteroatoms. The fourth-order valence-electron chi connectivity index (χ4n) is 5.09. The molecule has 3 aliphatic heterocycles. The molecule has 0 unspecified atom stereocenters. The molecule has 8 nitrogen and oxygen atoms in total. The topological polar surface area (TPSA) is 92.4 Å². The monoisotopic (exact) mass is 521 g/mol. The minimum absolute atomic E-state index is 0.148. The number of rotatable bonds is 6. The van der Waals surface area contributed by atoms with E-state index in [1.165, 1.54) is 0 Å². The van der Waals surface area contributed by atoms with Crippen LogP contribution in [0.25, 0.3) is 0 Å². The Morgan fingerprint density at radius 2 is 1.97 bits per heavy atom. The van der Waals surface area contributed by atoms with E-state index in [0.717, 1.165) is 45.4 Å². The Morgan fingerprint density at radius 1 is 1.20 bits per heavy atom. The predicted octanol–water partition coefficient (Wildman–Crippen LogP) is 3.66. The summed E-state index contributed by atoms with van der Waals surface area (Å²) in [4.78, 5) is 22.1. The third kappa shape index (κ3) is 6.01. The first-order valence-corrected chi connectivity index (χ1v) is 12.8. The maximum atomic E-state index is 13.4. The fourth-order valence-corrected chi connectivity index (χ4v) is 5.39.